The van der Waals surface area contributed by atoms with E-state index in [1.165, 1.54) is 32.1 Å². The van der Waals surface area contributed by atoms with Crippen molar-refractivity contribution in [2.75, 3.05) is 6.61 Å². The summed E-state index contributed by atoms with van der Waals surface area (Å²) in [5.74, 6) is -0.525. The highest BCUT2D eigenvalue weighted by molar-refractivity contribution is 5.88. The number of amides is 1. The Kier molecular flexibility index (Phi) is 8.14. The van der Waals surface area contributed by atoms with Crippen LogP contribution in [0.4, 0.5) is 0 Å². The summed E-state index contributed by atoms with van der Waals surface area (Å²) in [6.45, 7) is 3.84. The molecule has 2 saturated carbocycles. The normalized spacial score (nSPS) is 28.7. The predicted molar refractivity (Wildman–Crippen MR) is 113 cm³/mol. The van der Waals surface area contributed by atoms with E-state index in [2.05, 4.69) is 5.32 Å². The maximum absolute atomic E-state index is 13.3. The molecule has 0 radical (unpaired) electrons. The topological polar surface area (TPSA) is 95.9 Å². The zero-order chi connectivity index (χ0) is 21.7. The van der Waals surface area contributed by atoms with E-state index in [1.807, 2.05) is 0 Å². The fourth-order valence-corrected chi connectivity index (χ4v) is 5.81. The number of carboxylic acid groups (broad SMARTS) is 1. The quantitative estimate of drug-likeness (QED) is 0.554. The van der Waals surface area contributed by atoms with Crippen molar-refractivity contribution in [1.82, 2.24) is 10.2 Å². The van der Waals surface area contributed by atoms with E-state index in [0.717, 1.165) is 25.7 Å². The summed E-state index contributed by atoms with van der Waals surface area (Å²) in [7, 11) is 0. The minimum atomic E-state index is -0.927. The SMILES string of the molecule is CCOC(=O)[C@H](CCC1CCCCC1)N[C@@H](C)C(=O)N1[C@H](C(=O)O)C[C@@H]2CCC[C@@H]21. The van der Waals surface area contributed by atoms with Gasteiger partial charge in [0.15, 0.2) is 0 Å². The van der Waals surface area contributed by atoms with Gasteiger partial charge in [0.1, 0.15) is 12.1 Å². The number of carbonyl (C=O) groups is 3. The maximum atomic E-state index is 13.3. The predicted octanol–water partition coefficient (Wildman–Crippen LogP) is 3.11. The third kappa shape index (κ3) is 5.34. The first-order valence-electron chi connectivity index (χ1n) is 11.9. The largest absolute Gasteiger partial charge is 0.480 e. The Hall–Kier alpha value is -1.63. The van der Waals surface area contributed by atoms with Gasteiger partial charge in [0.05, 0.1) is 12.6 Å². The maximum Gasteiger partial charge on any atom is 0.326 e. The lowest BCUT2D eigenvalue weighted by molar-refractivity contribution is -0.151. The Labute approximate surface area is 179 Å². The van der Waals surface area contributed by atoms with Crippen LogP contribution in [0.2, 0.25) is 0 Å². The van der Waals surface area contributed by atoms with Gasteiger partial charge in [-0.15, -0.1) is 0 Å². The van der Waals surface area contributed by atoms with Crippen LogP contribution in [0.25, 0.3) is 0 Å². The number of hydrogen-bond acceptors (Lipinski definition) is 5. The summed E-state index contributed by atoms with van der Waals surface area (Å²) >= 11 is 0. The number of hydrogen-bond donors (Lipinski definition) is 2. The van der Waals surface area contributed by atoms with Crippen molar-refractivity contribution in [3.05, 3.63) is 0 Å². The number of nitrogens with one attached hydrogen (secondary N) is 1. The van der Waals surface area contributed by atoms with E-state index in [4.69, 9.17) is 4.74 Å². The number of nitrogens with zero attached hydrogens (tertiary/aromatic N) is 1. The molecular formula is C23H38N2O5. The molecule has 3 rings (SSSR count). The van der Waals surface area contributed by atoms with Gasteiger partial charge >= 0.3 is 11.9 Å². The van der Waals surface area contributed by atoms with E-state index < -0.39 is 24.1 Å². The minimum absolute atomic E-state index is 0.0196. The van der Waals surface area contributed by atoms with Gasteiger partial charge < -0.3 is 14.7 Å². The van der Waals surface area contributed by atoms with Crippen LogP contribution < -0.4 is 5.32 Å². The monoisotopic (exact) mass is 422 g/mol. The molecule has 0 bridgehead atoms. The van der Waals surface area contributed by atoms with Gasteiger partial charge in [-0.3, -0.25) is 14.9 Å². The van der Waals surface area contributed by atoms with Crippen LogP contribution in [0.5, 0.6) is 0 Å². The molecule has 1 saturated heterocycles. The van der Waals surface area contributed by atoms with Gasteiger partial charge in [0.25, 0.3) is 0 Å². The van der Waals surface area contributed by atoms with Crippen molar-refractivity contribution in [2.24, 2.45) is 11.8 Å². The van der Waals surface area contributed by atoms with Gasteiger partial charge in [0, 0.05) is 6.04 Å². The van der Waals surface area contributed by atoms with E-state index in [-0.39, 0.29) is 23.8 Å². The molecule has 5 atom stereocenters. The molecule has 0 unspecified atom stereocenters. The third-order valence-corrected chi connectivity index (χ3v) is 7.36. The summed E-state index contributed by atoms with van der Waals surface area (Å²) in [6.07, 6.45) is 11.3. The van der Waals surface area contributed by atoms with Crippen LogP contribution in [0.3, 0.4) is 0 Å². The number of fused-ring (bicyclic) bond motifs is 1. The summed E-state index contributed by atoms with van der Waals surface area (Å²) in [5.41, 5.74) is 0. The summed E-state index contributed by atoms with van der Waals surface area (Å²) < 4.78 is 5.26. The molecule has 3 aliphatic rings. The molecule has 2 aliphatic carbocycles. The second kappa shape index (κ2) is 10.6. The number of esters is 1. The van der Waals surface area contributed by atoms with E-state index in [1.54, 1.807) is 18.7 Å². The van der Waals surface area contributed by atoms with E-state index >= 15 is 0 Å². The number of carbonyl (C=O) groups excluding carboxylic acids is 2. The smallest absolute Gasteiger partial charge is 0.326 e. The second-order valence-corrected chi connectivity index (χ2v) is 9.37. The van der Waals surface area contributed by atoms with Crippen LogP contribution in [-0.2, 0) is 19.1 Å². The van der Waals surface area contributed by atoms with Gasteiger partial charge in [-0.25, -0.2) is 4.79 Å². The molecule has 2 N–H and O–H groups in total. The molecule has 0 aromatic heterocycles. The molecule has 1 amide bonds. The average Bonchev–Trinajstić information content (AvgIpc) is 3.32. The highest BCUT2D eigenvalue weighted by Crippen LogP contribution is 2.41. The van der Waals surface area contributed by atoms with Crippen molar-refractivity contribution in [1.29, 1.82) is 0 Å². The summed E-state index contributed by atoms with van der Waals surface area (Å²) in [4.78, 5) is 39.2. The Morgan fingerprint density at radius 3 is 2.50 bits per heavy atom. The average molecular weight is 423 g/mol. The minimum Gasteiger partial charge on any atom is -0.480 e. The number of rotatable bonds is 9. The molecular weight excluding hydrogens is 384 g/mol. The van der Waals surface area contributed by atoms with Crippen molar-refractivity contribution < 1.29 is 24.2 Å². The first-order chi connectivity index (χ1) is 14.4. The Morgan fingerprint density at radius 2 is 1.83 bits per heavy atom. The fraction of sp³-hybridized carbons (Fsp3) is 0.870. The summed E-state index contributed by atoms with van der Waals surface area (Å²) in [6, 6.07) is -1.88. The molecule has 0 aromatic rings. The standard InChI is InChI=1S/C23H38N2O5/c1-3-30-23(29)18(13-12-16-8-5-4-6-9-16)24-15(2)21(26)25-19-11-7-10-17(19)14-20(25)22(27)28/h15-20,24H,3-14H2,1-2H3,(H,27,28)/t15-,17-,18-,19-,20-/m0/s1. The number of likely N-dealkylation sites (tertiary alicyclic amines) is 1. The zero-order valence-corrected chi connectivity index (χ0v) is 18.5. The molecule has 0 spiro atoms. The first-order valence-corrected chi connectivity index (χ1v) is 11.9. The summed E-state index contributed by atoms with van der Waals surface area (Å²) in [5, 5.41) is 12.8. The molecule has 7 heteroatoms. The van der Waals surface area contributed by atoms with Crippen molar-refractivity contribution in [3.63, 3.8) is 0 Å². The van der Waals surface area contributed by atoms with Crippen molar-refractivity contribution >= 4 is 17.8 Å². The fourth-order valence-electron chi connectivity index (χ4n) is 5.81. The highest BCUT2D eigenvalue weighted by atomic mass is 16.5. The Balaban J connectivity index is 1.64. The molecule has 170 valence electrons. The van der Waals surface area contributed by atoms with Crippen LogP contribution >= 0.6 is 0 Å². The van der Waals surface area contributed by atoms with Gasteiger partial charge in [0.2, 0.25) is 5.91 Å². The molecule has 30 heavy (non-hydrogen) atoms. The third-order valence-electron chi connectivity index (χ3n) is 7.36. The van der Waals surface area contributed by atoms with Crippen LogP contribution in [-0.4, -0.2) is 58.6 Å². The lowest BCUT2D eigenvalue weighted by atomic mass is 9.85. The molecule has 0 aromatic carbocycles. The van der Waals surface area contributed by atoms with Crippen LogP contribution in [0, 0.1) is 11.8 Å². The lowest BCUT2D eigenvalue weighted by Gasteiger charge is -2.32. The lowest BCUT2D eigenvalue weighted by Crippen LogP contribution is -2.55. The number of carboxylic acids is 1. The van der Waals surface area contributed by atoms with Gasteiger partial charge in [-0.2, -0.15) is 0 Å². The van der Waals surface area contributed by atoms with Crippen LogP contribution in [0.15, 0.2) is 0 Å². The first kappa shape index (κ1) is 23.0. The van der Waals surface area contributed by atoms with Gasteiger partial charge in [-0.05, 0) is 57.8 Å². The van der Waals surface area contributed by atoms with Crippen molar-refractivity contribution in [3.8, 4) is 0 Å². The molecule has 1 heterocycles. The van der Waals surface area contributed by atoms with Crippen molar-refractivity contribution in [2.45, 2.75) is 109 Å². The molecule has 1 aliphatic heterocycles. The van der Waals surface area contributed by atoms with Gasteiger partial charge in [-0.1, -0.05) is 38.5 Å². The van der Waals surface area contributed by atoms with E-state index in [9.17, 15) is 19.5 Å². The number of aliphatic carboxylic acids is 1. The zero-order valence-electron chi connectivity index (χ0n) is 18.5. The number of ether oxygens (including phenoxy) is 1. The highest BCUT2D eigenvalue weighted by Gasteiger charge is 2.49. The Morgan fingerprint density at radius 1 is 1.10 bits per heavy atom. The van der Waals surface area contributed by atoms with E-state index in [0.29, 0.717) is 25.4 Å². The Bertz CT molecular complexity index is 619. The molecule has 3 fully saturated rings. The second-order valence-electron chi connectivity index (χ2n) is 9.37. The van der Waals surface area contributed by atoms with Crippen LogP contribution in [0.1, 0.15) is 84.5 Å². The molecule has 7 nitrogen and oxygen atoms in total.